The molecule has 1 aliphatic carbocycles. The number of nitrogens with zero attached hydrogens (tertiary/aromatic N) is 3. The Balaban J connectivity index is 1.61. The minimum Gasteiger partial charge on any atom is -0.294 e. The van der Waals surface area contributed by atoms with Gasteiger partial charge in [0.1, 0.15) is 0 Å². The lowest BCUT2D eigenvalue weighted by Crippen LogP contribution is -2.28. The van der Waals surface area contributed by atoms with E-state index in [1.807, 2.05) is 19.1 Å². The number of carbonyl (C=O) groups excluding carboxylic acids is 1. The predicted molar refractivity (Wildman–Crippen MR) is 128 cm³/mol. The quantitative estimate of drug-likeness (QED) is 0.449. The number of benzene rings is 2. The van der Waals surface area contributed by atoms with Gasteiger partial charge in [0.2, 0.25) is 5.13 Å². The lowest BCUT2D eigenvalue weighted by molar-refractivity contribution is 0.102. The summed E-state index contributed by atoms with van der Waals surface area (Å²) in [6.45, 7) is 3.51. The van der Waals surface area contributed by atoms with E-state index < -0.39 is 0 Å². The first-order chi connectivity index (χ1) is 15.1. The molecule has 0 saturated heterocycles. The summed E-state index contributed by atoms with van der Waals surface area (Å²) in [5.74, 6) is 0.377. The Labute approximate surface area is 187 Å². The van der Waals surface area contributed by atoms with Crippen LogP contribution in [-0.4, -0.2) is 16.5 Å². The summed E-state index contributed by atoms with van der Waals surface area (Å²) in [6, 6.07) is 21.1. The number of hydrogen-bond donors (Lipinski definition) is 0. The Morgan fingerprint density at radius 1 is 1.10 bits per heavy atom. The molecule has 0 unspecified atom stereocenters. The number of rotatable bonds is 4. The van der Waals surface area contributed by atoms with Gasteiger partial charge in [0.25, 0.3) is 0 Å². The molecule has 1 saturated carbocycles. The molecule has 2 heterocycles. The smallest absolute Gasteiger partial charge is 0.207 e. The molecule has 0 bridgehead atoms. The van der Waals surface area contributed by atoms with Crippen molar-refractivity contribution >= 4 is 34.0 Å². The van der Waals surface area contributed by atoms with E-state index in [4.69, 9.17) is 10.1 Å². The van der Waals surface area contributed by atoms with Gasteiger partial charge in [-0.15, -0.1) is 0 Å². The van der Waals surface area contributed by atoms with Crippen molar-refractivity contribution in [3.05, 3.63) is 87.9 Å². The van der Waals surface area contributed by atoms with Gasteiger partial charge in [0.15, 0.2) is 5.78 Å². The van der Waals surface area contributed by atoms with Crippen molar-refractivity contribution in [1.82, 2.24) is 4.98 Å². The van der Waals surface area contributed by atoms with Crippen molar-refractivity contribution in [2.75, 3.05) is 5.01 Å². The fourth-order valence-electron chi connectivity index (χ4n) is 4.70. The Kier molecular flexibility index (Phi) is 5.28. The first-order valence-electron chi connectivity index (χ1n) is 10.8. The Morgan fingerprint density at radius 3 is 2.48 bits per heavy atom. The summed E-state index contributed by atoms with van der Waals surface area (Å²) in [5.41, 5.74) is 5.71. The zero-order chi connectivity index (χ0) is 21.4. The van der Waals surface area contributed by atoms with E-state index in [1.54, 1.807) is 6.92 Å². The van der Waals surface area contributed by atoms with Gasteiger partial charge < -0.3 is 0 Å². The predicted octanol–water partition coefficient (Wildman–Crippen LogP) is 6.46. The van der Waals surface area contributed by atoms with Gasteiger partial charge in [-0.1, -0.05) is 72.0 Å². The Morgan fingerprint density at radius 2 is 1.81 bits per heavy atom. The summed E-state index contributed by atoms with van der Waals surface area (Å²) >= 11 is 1.45. The number of thiazole rings is 1. The first-order valence-corrected chi connectivity index (χ1v) is 11.6. The van der Waals surface area contributed by atoms with Crippen molar-refractivity contribution in [2.24, 2.45) is 11.0 Å². The standard InChI is InChI=1S/C26H25N3OS/c1-17-25(18(2)30)31-26(27-17)29-24(20-12-7-4-8-13-20)22-15-9-14-21(23(22)28-29)16-19-10-5-3-6-11-19/h3-8,10-13,16,22,24H,9,14-15H2,1-2H3/b21-16-/t22-,24+/m1/s1. The Bertz CT molecular complexity index is 1160. The molecule has 3 aromatic rings. The van der Waals surface area contributed by atoms with Gasteiger partial charge in [-0.25, -0.2) is 9.99 Å². The normalized spacial score (nSPS) is 21.8. The maximum absolute atomic E-state index is 12.1. The van der Waals surface area contributed by atoms with E-state index in [9.17, 15) is 4.79 Å². The molecule has 0 spiro atoms. The monoisotopic (exact) mass is 427 g/mol. The van der Waals surface area contributed by atoms with Gasteiger partial charge in [0.05, 0.1) is 22.3 Å². The van der Waals surface area contributed by atoms with E-state index in [0.717, 1.165) is 35.0 Å². The van der Waals surface area contributed by atoms with Crippen LogP contribution in [0, 0.1) is 12.8 Å². The number of allylic oxidation sites excluding steroid dienone is 1. The summed E-state index contributed by atoms with van der Waals surface area (Å²) in [5, 5.41) is 8.02. The van der Waals surface area contributed by atoms with E-state index in [-0.39, 0.29) is 11.8 Å². The second-order valence-corrected chi connectivity index (χ2v) is 9.21. The average molecular weight is 428 g/mol. The lowest BCUT2D eigenvalue weighted by atomic mass is 9.77. The summed E-state index contributed by atoms with van der Waals surface area (Å²) in [4.78, 5) is 17.5. The lowest BCUT2D eigenvalue weighted by Gasteiger charge is -2.29. The fourth-order valence-corrected chi connectivity index (χ4v) is 5.65. The summed E-state index contributed by atoms with van der Waals surface area (Å²) in [7, 11) is 0. The van der Waals surface area contributed by atoms with E-state index >= 15 is 0 Å². The minimum atomic E-state index is 0.0615. The molecule has 2 aliphatic rings. The molecule has 1 aromatic heterocycles. The van der Waals surface area contributed by atoms with E-state index in [1.165, 1.54) is 33.7 Å². The molecule has 0 amide bonds. The highest BCUT2D eigenvalue weighted by Gasteiger charge is 2.43. The van der Waals surface area contributed by atoms with E-state index in [2.05, 4.69) is 59.6 Å². The van der Waals surface area contributed by atoms with Crippen molar-refractivity contribution in [2.45, 2.75) is 39.2 Å². The zero-order valence-electron chi connectivity index (χ0n) is 17.8. The number of aryl methyl sites for hydroxylation is 1. The van der Waals surface area contributed by atoms with Crippen LogP contribution in [0.5, 0.6) is 0 Å². The number of carbonyl (C=O) groups is 1. The molecular weight excluding hydrogens is 402 g/mol. The summed E-state index contributed by atoms with van der Waals surface area (Å²) in [6.07, 6.45) is 5.57. The second-order valence-electron chi connectivity index (χ2n) is 8.23. The van der Waals surface area contributed by atoms with E-state index in [0.29, 0.717) is 5.92 Å². The number of anilines is 1. The molecule has 2 aromatic carbocycles. The third kappa shape index (κ3) is 3.74. The molecule has 2 atom stereocenters. The molecule has 1 aliphatic heterocycles. The molecule has 0 radical (unpaired) electrons. The minimum absolute atomic E-state index is 0.0615. The number of hydrazone groups is 1. The molecule has 156 valence electrons. The molecule has 1 fully saturated rings. The highest BCUT2D eigenvalue weighted by atomic mass is 32.1. The van der Waals surface area contributed by atoms with Crippen molar-refractivity contribution in [3.63, 3.8) is 0 Å². The van der Waals surface area contributed by atoms with Crippen LogP contribution in [0.2, 0.25) is 0 Å². The topological polar surface area (TPSA) is 45.6 Å². The van der Waals surface area contributed by atoms with Crippen molar-refractivity contribution < 1.29 is 4.79 Å². The van der Waals surface area contributed by atoms with Crippen LogP contribution < -0.4 is 5.01 Å². The number of ketones is 1. The highest BCUT2D eigenvalue weighted by Crippen LogP contribution is 2.47. The first kappa shape index (κ1) is 19.9. The fraction of sp³-hybridized carbons (Fsp3) is 0.269. The van der Waals surface area contributed by atoms with Gasteiger partial charge in [-0.2, -0.15) is 5.10 Å². The van der Waals surface area contributed by atoms with Crippen LogP contribution in [0.25, 0.3) is 6.08 Å². The maximum atomic E-state index is 12.1. The Hall–Kier alpha value is -3.05. The van der Waals surface area contributed by atoms with Crippen molar-refractivity contribution in [3.8, 4) is 0 Å². The van der Waals surface area contributed by atoms with Crippen molar-refractivity contribution in [1.29, 1.82) is 0 Å². The van der Waals surface area contributed by atoms with Gasteiger partial charge in [0, 0.05) is 12.8 Å². The number of hydrogen-bond acceptors (Lipinski definition) is 5. The highest BCUT2D eigenvalue weighted by molar-refractivity contribution is 7.17. The molecule has 5 heteroatoms. The molecular formula is C26H25N3OS. The van der Waals surface area contributed by atoms with Gasteiger partial charge in [-0.3, -0.25) is 4.79 Å². The molecule has 5 rings (SSSR count). The largest absolute Gasteiger partial charge is 0.294 e. The third-order valence-corrected chi connectivity index (χ3v) is 7.33. The van der Waals surface area contributed by atoms with Crippen LogP contribution in [0.4, 0.5) is 5.13 Å². The third-order valence-electron chi connectivity index (χ3n) is 6.08. The maximum Gasteiger partial charge on any atom is 0.207 e. The van der Waals surface area contributed by atoms with Crippen LogP contribution in [0.15, 0.2) is 71.3 Å². The number of aromatic nitrogens is 1. The van der Waals surface area contributed by atoms with Gasteiger partial charge >= 0.3 is 0 Å². The second kappa shape index (κ2) is 8.23. The van der Waals surface area contributed by atoms with Crippen LogP contribution in [0.3, 0.4) is 0 Å². The summed E-state index contributed by atoms with van der Waals surface area (Å²) < 4.78 is 0. The molecule has 0 N–H and O–H groups in total. The molecule has 31 heavy (non-hydrogen) atoms. The number of Topliss-reactive ketones (excluding diaryl/α,β-unsaturated/α-hetero) is 1. The van der Waals surface area contributed by atoms with Crippen LogP contribution >= 0.6 is 11.3 Å². The van der Waals surface area contributed by atoms with Crippen LogP contribution in [-0.2, 0) is 0 Å². The zero-order valence-corrected chi connectivity index (χ0v) is 18.6. The van der Waals surface area contributed by atoms with Crippen LogP contribution in [0.1, 0.15) is 58.7 Å². The SMILES string of the molecule is CC(=O)c1sc(N2N=C3/C(=C\c4ccccc4)CCC[C@H]3[C@@H]2c2ccccc2)nc1C. The molecule has 4 nitrogen and oxygen atoms in total. The number of fused-ring (bicyclic) bond motifs is 1. The average Bonchev–Trinajstić information content (AvgIpc) is 3.36. The van der Waals surface area contributed by atoms with Gasteiger partial charge in [-0.05, 0) is 49.0 Å².